The third kappa shape index (κ3) is 4.77. The number of ketones is 1. The minimum atomic E-state index is -4.27. The molecule has 0 bridgehead atoms. The molecule has 0 spiro atoms. The maximum atomic E-state index is 12.2. The molecule has 7 heteroatoms. The SMILES string of the molecule is CCN(CC(=O)c1sccc1Br)CC(F)(F)F. The number of nitrogens with zero attached hydrogens (tertiary/aromatic N) is 1. The van der Waals surface area contributed by atoms with Crippen molar-refractivity contribution >= 4 is 33.0 Å². The second-order valence-corrected chi connectivity index (χ2v) is 5.21. The van der Waals surface area contributed by atoms with Gasteiger partial charge in [-0.3, -0.25) is 9.69 Å². The maximum Gasteiger partial charge on any atom is 0.401 e. The lowest BCUT2D eigenvalue weighted by molar-refractivity contribution is -0.144. The molecule has 0 aromatic carbocycles. The number of rotatable bonds is 5. The molecule has 0 aliphatic rings. The maximum absolute atomic E-state index is 12.2. The van der Waals surface area contributed by atoms with Crippen LogP contribution in [0.2, 0.25) is 0 Å². The van der Waals surface area contributed by atoms with Crippen molar-refractivity contribution in [3.63, 3.8) is 0 Å². The van der Waals surface area contributed by atoms with Gasteiger partial charge in [0, 0.05) is 4.47 Å². The van der Waals surface area contributed by atoms with Gasteiger partial charge in [0.25, 0.3) is 0 Å². The second kappa shape index (κ2) is 5.97. The Morgan fingerprint density at radius 2 is 2.18 bits per heavy atom. The van der Waals surface area contributed by atoms with E-state index < -0.39 is 12.7 Å². The van der Waals surface area contributed by atoms with Gasteiger partial charge in [-0.1, -0.05) is 6.92 Å². The Morgan fingerprint density at radius 1 is 1.53 bits per heavy atom. The molecule has 0 unspecified atom stereocenters. The minimum absolute atomic E-state index is 0.189. The van der Waals surface area contributed by atoms with E-state index in [4.69, 9.17) is 0 Å². The molecule has 0 saturated heterocycles. The van der Waals surface area contributed by atoms with Gasteiger partial charge >= 0.3 is 6.18 Å². The monoisotopic (exact) mass is 329 g/mol. The summed E-state index contributed by atoms with van der Waals surface area (Å²) in [6.45, 7) is 0.518. The van der Waals surface area contributed by atoms with E-state index in [2.05, 4.69) is 15.9 Å². The molecule has 0 aliphatic carbocycles. The Balaban J connectivity index is 2.63. The fourth-order valence-electron chi connectivity index (χ4n) is 1.30. The molecule has 0 radical (unpaired) electrons. The molecule has 1 aromatic heterocycles. The number of likely N-dealkylation sites (N-methyl/N-ethyl adjacent to an activating group) is 1. The fraction of sp³-hybridized carbons (Fsp3) is 0.500. The first-order chi connectivity index (χ1) is 7.83. The van der Waals surface area contributed by atoms with E-state index in [-0.39, 0.29) is 18.9 Å². The van der Waals surface area contributed by atoms with Crippen LogP contribution in [0.5, 0.6) is 0 Å². The summed E-state index contributed by atoms with van der Waals surface area (Å²) in [7, 11) is 0. The van der Waals surface area contributed by atoms with E-state index in [1.54, 1.807) is 18.4 Å². The number of carbonyl (C=O) groups excluding carboxylic acids is 1. The third-order valence-electron chi connectivity index (χ3n) is 2.09. The van der Waals surface area contributed by atoms with Crippen molar-refractivity contribution in [3.05, 3.63) is 20.8 Å². The van der Waals surface area contributed by atoms with Crippen LogP contribution in [0.3, 0.4) is 0 Å². The molecule has 0 saturated carbocycles. The average Bonchev–Trinajstić information content (AvgIpc) is 2.61. The number of Topliss-reactive ketones (excluding diaryl/α,β-unsaturated/α-hetero) is 1. The third-order valence-corrected chi connectivity index (χ3v) is 3.97. The Labute approximate surface area is 110 Å². The molecule has 0 atom stereocenters. The van der Waals surface area contributed by atoms with E-state index in [0.717, 1.165) is 4.90 Å². The largest absolute Gasteiger partial charge is 0.401 e. The topological polar surface area (TPSA) is 20.3 Å². The van der Waals surface area contributed by atoms with Gasteiger partial charge < -0.3 is 0 Å². The van der Waals surface area contributed by atoms with E-state index in [1.807, 2.05) is 0 Å². The predicted octanol–water partition coefficient (Wildman–Crippen LogP) is 3.58. The lowest BCUT2D eigenvalue weighted by Crippen LogP contribution is -2.37. The lowest BCUT2D eigenvalue weighted by Gasteiger charge is -2.20. The Hall–Kier alpha value is -0.400. The second-order valence-electron chi connectivity index (χ2n) is 3.44. The van der Waals surface area contributed by atoms with Crippen LogP contribution in [0, 0.1) is 0 Å². The number of hydrogen-bond donors (Lipinski definition) is 0. The molecular weight excluding hydrogens is 319 g/mol. The molecule has 1 rings (SSSR count). The van der Waals surface area contributed by atoms with Gasteiger partial charge in [-0.25, -0.2) is 0 Å². The Bertz CT molecular complexity index is 391. The molecule has 0 N–H and O–H groups in total. The molecule has 0 amide bonds. The van der Waals surface area contributed by atoms with Gasteiger partial charge in [0.15, 0.2) is 5.78 Å². The van der Waals surface area contributed by atoms with Crippen molar-refractivity contribution in [1.82, 2.24) is 4.90 Å². The van der Waals surface area contributed by atoms with Crippen LogP contribution >= 0.6 is 27.3 Å². The first kappa shape index (κ1) is 14.7. The van der Waals surface area contributed by atoms with Crippen molar-refractivity contribution in [2.24, 2.45) is 0 Å². The van der Waals surface area contributed by atoms with E-state index in [9.17, 15) is 18.0 Å². The summed E-state index contributed by atoms with van der Waals surface area (Å²) >= 11 is 4.41. The summed E-state index contributed by atoms with van der Waals surface area (Å²) in [4.78, 5) is 13.3. The van der Waals surface area contributed by atoms with Gasteiger partial charge in [0.1, 0.15) is 0 Å². The summed E-state index contributed by atoms with van der Waals surface area (Å²) < 4.78 is 37.3. The van der Waals surface area contributed by atoms with Crippen LogP contribution in [-0.4, -0.2) is 36.5 Å². The fourth-order valence-corrected chi connectivity index (χ4v) is 2.83. The van der Waals surface area contributed by atoms with Crippen LogP contribution in [0.1, 0.15) is 16.6 Å². The number of hydrogen-bond acceptors (Lipinski definition) is 3. The number of thiophene rings is 1. The molecular formula is C10H11BrF3NOS. The summed E-state index contributed by atoms with van der Waals surface area (Å²) in [6.07, 6.45) is -4.27. The smallest absolute Gasteiger partial charge is 0.292 e. The highest BCUT2D eigenvalue weighted by molar-refractivity contribution is 9.10. The van der Waals surface area contributed by atoms with Crippen molar-refractivity contribution in [2.75, 3.05) is 19.6 Å². The van der Waals surface area contributed by atoms with Crippen molar-refractivity contribution in [3.8, 4) is 0 Å². The summed E-state index contributed by atoms with van der Waals surface area (Å²) in [5, 5.41) is 1.72. The highest BCUT2D eigenvalue weighted by atomic mass is 79.9. The number of carbonyl (C=O) groups is 1. The van der Waals surface area contributed by atoms with Crippen LogP contribution in [0.25, 0.3) is 0 Å². The van der Waals surface area contributed by atoms with Crippen LogP contribution in [-0.2, 0) is 0 Å². The highest BCUT2D eigenvalue weighted by Crippen LogP contribution is 2.24. The van der Waals surface area contributed by atoms with Gasteiger partial charge in [-0.2, -0.15) is 13.2 Å². The zero-order valence-corrected chi connectivity index (χ0v) is 11.5. The van der Waals surface area contributed by atoms with E-state index >= 15 is 0 Å². The Kier molecular flexibility index (Phi) is 5.15. The molecule has 1 aromatic rings. The molecule has 17 heavy (non-hydrogen) atoms. The van der Waals surface area contributed by atoms with Gasteiger partial charge in [-0.05, 0) is 33.9 Å². The molecule has 96 valence electrons. The lowest BCUT2D eigenvalue weighted by atomic mass is 10.3. The summed E-state index contributed by atoms with van der Waals surface area (Å²) in [5.74, 6) is -0.294. The summed E-state index contributed by atoms with van der Waals surface area (Å²) in [6, 6.07) is 1.71. The van der Waals surface area contributed by atoms with Gasteiger partial charge in [0.05, 0.1) is 18.0 Å². The van der Waals surface area contributed by atoms with Crippen LogP contribution in [0.4, 0.5) is 13.2 Å². The summed E-state index contributed by atoms with van der Waals surface area (Å²) in [5.41, 5.74) is 0. The quantitative estimate of drug-likeness (QED) is 0.769. The first-order valence-electron chi connectivity index (χ1n) is 4.88. The molecule has 2 nitrogen and oxygen atoms in total. The Morgan fingerprint density at radius 3 is 2.59 bits per heavy atom. The van der Waals surface area contributed by atoms with E-state index in [0.29, 0.717) is 9.35 Å². The van der Waals surface area contributed by atoms with Gasteiger partial charge in [0.2, 0.25) is 0 Å². The molecule has 1 heterocycles. The first-order valence-corrected chi connectivity index (χ1v) is 6.56. The van der Waals surface area contributed by atoms with Crippen LogP contribution < -0.4 is 0 Å². The van der Waals surface area contributed by atoms with Crippen LogP contribution in [0.15, 0.2) is 15.9 Å². The van der Waals surface area contributed by atoms with Crippen molar-refractivity contribution < 1.29 is 18.0 Å². The zero-order valence-electron chi connectivity index (χ0n) is 9.05. The highest BCUT2D eigenvalue weighted by Gasteiger charge is 2.31. The number of halogens is 4. The zero-order chi connectivity index (χ0) is 13.1. The minimum Gasteiger partial charge on any atom is -0.292 e. The predicted molar refractivity (Wildman–Crippen MR) is 64.5 cm³/mol. The van der Waals surface area contributed by atoms with E-state index in [1.165, 1.54) is 11.3 Å². The molecule has 0 aliphatic heterocycles. The standard InChI is InChI=1S/C10H11BrF3NOS/c1-2-15(6-10(12,13)14)5-8(16)9-7(11)3-4-17-9/h3-4H,2,5-6H2,1H3. The van der Waals surface area contributed by atoms with Gasteiger partial charge in [-0.15, -0.1) is 11.3 Å². The normalized spacial score (nSPS) is 12.1. The number of alkyl halides is 3. The average molecular weight is 330 g/mol. The molecule has 0 fully saturated rings. The van der Waals surface area contributed by atoms with Crippen molar-refractivity contribution in [2.45, 2.75) is 13.1 Å². The van der Waals surface area contributed by atoms with Crippen molar-refractivity contribution in [1.29, 1.82) is 0 Å².